The first-order valence-corrected chi connectivity index (χ1v) is 6.02. The number of nitrogens with two attached hydrogens (primary N) is 1. The maximum absolute atomic E-state index is 11.5. The minimum atomic E-state index is -0.461. The molecular weight excluding hydrogens is 218 g/mol. The second-order valence-corrected chi connectivity index (χ2v) is 4.61. The zero-order valence-electron chi connectivity index (χ0n) is 10.6. The Balaban J connectivity index is 2.24. The summed E-state index contributed by atoms with van der Waals surface area (Å²) in [5.41, 5.74) is 6.22. The molecule has 1 heterocycles. The largest absolute Gasteiger partial charge is 0.464 e. The number of carbonyl (C=O) groups is 1. The topological polar surface area (TPSA) is 70.1 Å². The molecule has 2 rings (SSSR count). The lowest BCUT2D eigenvalue weighted by Gasteiger charge is -2.06. The van der Waals surface area contributed by atoms with Gasteiger partial charge in [-0.2, -0.15) is 0 Å². The van der Waals surface area contributed by atoms with Gasteiger partial charge in [0.05, 0.1) is 7.11 Å². The van der Waals surface area contributed by atoms with Gasteiger partial charge in [-0.1, -0.05) is 13.3 Å². The van der Waals surface area contributed by atoms with Crippen molar-refractivity contribution in [1.29, 1.82) is 0 Å². The zero-order valence-corrected chi connectivity index (χ0v) is 10.6. The lowest BCUT2D eigenvalue weighted by atomic mass is 10.2. The number of rotatable bonds is 4. The molecule has 0 saturated heterocycles. The van der Waals surface area contributed by atoms with Gasteiger partial charge in [0, 0.05) is 6.04 Å². The molecule has 17 heavy (non-hydrogen) atoms. The minimum Gasteiger partial charge on any atom is -0.464 e. The standard InChI is InChI=1S/C12H19N3O2/c1-4-5-8-6-9(8)15-7(2)14-10(11(15)13)12(16)17-3/h8-9H,4-6,13H2,1-3H3. The normalized spacial score (nSPS) is 22.5. The second kappa shape index (κ2) is 4.39. The molecule has 0 spiro atoms. The molecule has 2 unspecified atom stereocenters. The molecule has 0 radical (unpaired) electrons. The van der Waals surface area contributed by atoms with E-state index in [2.05, 4.69) is 16.6 Å². The van der Waals surface area contributed by atoms with E-state index in [1.54, 1.807) is 0 Å². The van der Waals surface area contributed by atoms with Crippen molar-refractivity contribution in [3.05, 3.63) is 11.5 Å². The number of carbonyl (C=O) groups excluding carboxylic acids is 1. The highest BCUT2D eigenvalue weighted by Gasteiger charge is 2.40. The first-order valence-electron chi connectivity index (χ1n) is 6.02. The van der Waals surface area contributed by atoms with Crippen LogP contribution >= 0.6 is 0 Å². The van der Waals surface area contributed by atoms with Crippen molar-refractivity contribution in [3.63, 3.8) is 0 Å². The van der Waals surface area contributed by atoms with Gasteiger partial charge in [-0.25, -0.2) is 9.78 Å². The van der Waals surface area contributed by atoms with Crippen LogP contribution in [0.4, 0.5) is 5.82 Å². The van der Waals surface area contributed by atoms with Crippen LogP contribution in [0.3, 0.4) is 0 Å². The highest BCUT2D eigenvalue weighted by molar-refractivity contribution is 5.92. The molecule has 0 amide bonds. The summed E-state index contributed by atoms with van der Waals surface area (Å²) in [6.07, 6.45) is 3.52. The summed E-state index contributed by atoms with van der Waals surface area (Å²) in [5.74, 6) is 1.46. The monoisotopic (exact) mass is 237 g/mol. The van der Waals surface area contributed by atoms with E-state index in [1.807, 2.05) is 11.5 Å². The van der Waals surface area contributed by atoms with Crippen molar-refractivity contribution in [2.75, 3.05) is 12.8 Å². The van der Waals surface area contributed by atoms with Crippen molar-refractivity contribution in [3.8, 4) is 0 Å². The molecule has 1 aliphatic rings. The fraction of sp³-hybridized carbons (Fsp3) is 0.667. The van der Waals surface area contributed by atoms with Crippen LogP contribution in [-0.2, 0) is 4.74 Å². The maximum Gasteiger partial charge on any atom is 0.360 e. The van der Waals surface area contributed by atoms with E-state index in [1.165, 1.54) is 20.0 Å². The van der Waals surface area contributed by atoms with Gasteiger partial charge in [-0.15, -0.1) is 0 Å². The molecule has 1 saturated carbocycles. The third-order valence-corrected chi connectivity index (χ3v) is 3.38. The van der Waals surface area contributed by atoms with E-state index in [4.69, 9.17) is 5.73 Å². The predicted octanol–water partition coefficient (Wildman–Crippen LogP) is 1.92. The number of nitrogens with zero attached hydrogens (tertiary/aromatic N) is 2. The Morgan fingerprint density at radius 2 is 2.35 bits per heavy atom. The quantitative estimate of drug-likeness (QED) is 0.812. The SMILES string of the molecule is CCCC1CC1n1c(C)nc(C(=O)OC)c1N. The van der Waals surface area contributed by atoms with E-state index in [0.29, 0.717) is 17.8 Å². The predicted molar refractivity (Wildman–Crippen MR) is 64.8 cm³/mol. The Labute approximate surface area is 101 Å². The summed E-state index contributed by atoms with van der Waals surface area (Å²) in [6.45, 7) is 4.06. The van der Waals surface area contributed by atoms with Crippen LogP contribution < -0.4 is 5.73 Å². The molecule has 94 valence electrons. The molecule has 5 heteroatoms. The average molecular weight is 237 g/mol. The number of aromatic nitrogens is 2. The summed E-state index contributed by atoms with van der Waals surface area (Å²) in [5, 5.41) is 0. The van der Waals surface area contributed by atoms with Crippen LogP contribution in [0.25, 0.3) is 0 Å². The zero-order chi connectivity index (χ0) is 12.6. The van der Waals surface area contributed by atoms with Crippen LogP contribution in [0.1, 0.15) is 48.5 Å². The van der Waals surface area contributed by atoms with Crippen molar-refractivity contribution < 1.29 is 9.53 Å². The molecule has 0 aliphatic heterocycles. The Bertz CT molecular complexity index is 439. The number of anilines is 1. The number of aryl methyl sites for hydroxylation is 1. The number of hydrogen-bond acceptors (Lipinski definition) is 4. The van der Waals surface area contributed by atoms with Gasteiger partial charge in [0.25, 0.3) is 0 Å². The summed E-state index contributed by atoms with van der Waals surface area (Å²) in [7, 11) is 1.34. The van der Waals surface area contributed by atoms with Crippen LogP contribution in [0, 0.1) is 12.8 Å². The molecule has 0 aromatic carbocycles. The molecule has 2 atom stereocenters. The van der Waals surface area contributed by atoms with Gasteiger partial charge in [-0.3, -0.25) is 0 Å². The van der Waals surface area contributed by atoms with Crippen LogP contribution in [-0.4, -0.2) is 22.6 Å². The molecule has 1 aromatic heterocycles. The Kier molecular flexibility index (Phi) is 3.09. The summed E-state index contributed by atoms with van der Waals surface area (Å²) in [4.78, 5) is 15.7. The van der Waals surface area contributed by atoms with E-state index in [-0.39, 0.29) is 5.69 Å². The van der Waals surface area contributed by atoms with Gasteiger partial charge in [-0.05, 0) is 25.7 Å². The second-order valence-electron chi connectivity index (χ2n) is 4.61. The highest BCUT2D eigenvalue weighted by atomic mass is 16.5. The van der Waals surface area contributed by atoms with Gasteiger partial charge in [0.15, 0.2) is 5.69 Å². The average Bonchev–Trinajstić information content (AvgIpc) is 2.98. The summed E-state index contributed by atoms with van der Waals surface area (Å²) in [6, 6.07) is 0.417. The first-order chi connectivity index (χ1) is 8.10. The first kappa shape index (κ1) is 12.0. The lowest BCUT2D eigenvalue weighted by Crippen LogP contribution is -2.08. The van der Waals surface area contributed by atoms with Crippen molar-refractivity contribution >= 4 is 11.8 Å². The Morgan fingerprint density at radius 3 is 2.94 bits per heavy atom. The van der Waals surface area contributed by atoms with E-state index >= 15 is 0 Å². The number of esters is 1. The van der Waals surface area contributed by atoms with Crippen LogP contribution in [0.15, 0.2) is 0 Å². The van der Waals surface area contributed by atoms with Crippen LogP contribution in [0.5, 0.6) is 0 Å². The molecular formula is C12H19N3O2. The molecule has 0 bridgehead atoms. The molecule has 2 N–H and O–H groups in total. The highest BCUT2D eigenvalue weighted by Crippen LogP contribution is 2.48. The minimum absolute atomic E-state index is 0.243. The Hall–Kier alpha value is -1.52. The molecule has 5 nitrogen and oxygen atoms in total. The fourth-order valence-corrected chi connectivity index (χ4v) is 2.46. The number of hydrogen-bond donors (Lipinski definition) is 1. The van der Waals surface area contributed by atoms with Crippen molar-refractivity contribution in [2.24, 2.45) is 5.92 Å². The fourth-order valence-electron chi connectivity index (χ4n) is 2.46. The van der Waals surface area contributed by atoms with E-state index in [9.17, 15) is 4.79 Å². The third-order valence-electron chi connectivity index (χ3n) is 3.38. The van der Waals surface area contributed by atoms with Crippen molar-refractivity contribution in [1.82, 2.24) is 9.55 Å². The van der Waals surface area contributed by atoms with E-state index < -0.39 is 5.97 Å². The van der Waals surface area contributed by atoms with Gasteiger partial charge >= 0.3 is 5.97 Å². The summed E-state index contributed by atoms with van der Waals surface area (Å²) < 4.78 is 6.64. The van der Waals surface area contributed by atoms with Gasteiger partial charge < -0.3 is 15.0 Å². The third kappa shape index (κ3) is 2.01. The smallest absolute Gasteiger partial charge is 0.360 e. The molecule has 1 aliphatic carbocycles. The van der Waals surface area contributed by atoms with Gasteiger partial charge in [0.2, 0.25) is 0 Å². The van der Waals surface area contributed by atoms with Gasteiger partial charge in [0.1, 0.15) is 11.6 Å². The number of nitrogen functional groups attached to an aromatic ring is 1. The molecule has 1 fully saturated rings. The number of ether oxygens (including phenoxy) is 1. The van der Waals surface area contributed by atoms with Crippen molar-refractivity contribution in [2.45, 2.75) is 39.2 Å². The summed E-state index contributed by atoms with van der Waals surface area (Å²) >= 11 is 0. The Morgan fingerprint density at radius 1 is 1.65 bits per heavy atom. The van der Waals surface area contributed by atoms with E-state index in [0.717, 1.165) is 12.2 Å². The lowest BCUT2D eigenvalue weighted by molar-refractivity contribution is 0.0595. The maximum atomic E-state index is 11.5. The number of methoxy groups -OCH3 is 1. The molecule has 1 aromatic rings. The van der Waals surface area contributed by atoms with Crippen LogP contribution in [0.2, 0.25) is 0 Å². The number of imidazole rings is 1.